The zero-order chi connectivity index (χ0) is 12.2. The second-order valence-corrected chi connectivity index (χ2v) is 4.38. The normalized spacial score (nSPS) is 23.5. The van der Waals surface area contributed by atoms with E-state index in [1.807, 2.05) is 6.92 Å². The van der Waals surface area contributed by atoms with Crippen LogP contribution in [0.3, 0.4) is 0 Å². The van der Waals surface area contributed by atoms with E-state index in [2.05, 4.69) is 9.64 Å². The Morgan fingerprint density at radius 1 is 1.47 bits per heavy atom. The van der Waals surface area contributed by atoms with Gasteiger partial charge in [-0.05, 0) is 25.8 Å². The molecule has 0 bridgehead atoms. The molecule has 1 saturated heterocycles. The summed E-state index contributed by atoms with van der Waals surface area (Å²) in [5.41, 5.74) is 5.77. The minimum Gasteiger partial charge on any atom is -0.371 e. The Labute approximate surface area is 106 Å². The first-order valence-electron chi connectivity index (χ1n) is 5.51. The van der Waals surface area contributed by atoms with Crippen LogP contribution in [0, 0.1) is 5.92 Å². The van der Waals surface area contributed by atoms with Crippen molar-refractivity contribution >= 4 is 12.4 Å². The molecule has 0 spiro atoms. The highest BCUT2D eigenvalue weighted by molar-refractivity contribution is 5.85. The summed E-state index contributed by atoms with van der Waals surface area (Å²) in [6.45, 7) is 3.27. The first-order chi connectivity index (χ1) is 7.38. The molecule has 1 rings (SSSR count). The van der Waals surface area contributed by atoms with Gasteiger partial charge in [0.2, 0.25) is 0 Å². The number of nitrogens with zero attached hydrogens (tertiary/aromatic N) is 1. The molecule has 0 saturated carbocycles. The fourth-order valence-corrected chi connectivity index (χ4v) is 1.88. The van der Waals surface area contributed by atoms with Crippen LogP contribution >= 0.6 is 12.4 Å². The predicted octanol–water partition coefficient (Wildman–Crippen LogP) is 1.66. The average Bonchev–Trinajstić information content (AvgIpc) is 2.59. The van der Waals surface area contributed by atoms with E-state index < -0.39 is 12.8 Å². The molecule has 2 unspecified atom stereocenters. The third-order valence-corrected chi connectivity index (χ3v) is 2.87. The summed E-state index contributed by atoms with van der Waals surface area (Å²) < 4.78 is 39.9. The highest BCUT2D eigenvalue weighted by atomic mass is 35.5. The van der Waals surface area contributed by atoms with Crippen LogP contribution in [0.2, 0.25) is 0 Å². The van der Waals surface area contributed by atoms with E-state index in [0.717, 1.165) is 19.5 Å². The molecule has 1 heterocycles. The summed E-state index contributed by atoms with van der Waals surface area (Å²) in [7, 11) is 0. The molecular weight excluding hydrogens is 257 g/mol. The Balaban J connectivity index is 0.00000256. The Kier molecular flexibility index (Phi) is 7.39. The minimum absolute atomic E-state index is 0. The Bertz CT molecular complexity index is 214. The van der Waals surface area contributed by atoms with Crippen molar-refractivity contribution in [1.82, 2.24) is 4.90 Å². The standard InChI is InChI=1S/C10H19F3N2O.ClH/c1-8(14)9-2-3-15(6-9)4-5-16-7-10(11,12)13;/h8-9H,2-7,14H2,1H3;1H. The van der Waals surface area contributed by atoms with Gasteiger partial charge in [-0.1, -0.05) is 0 Å². The summed E-state index contributed by atoms with van der Waals surface area (Å²) in [5, 5.41) is 0. The van der Waals surface area contributed by atoms with Crippen LogP contribution in [0.1, 0.15) is 13.3 Å². The fraction of sp³-hybridized carbons (Fsp3) is 1.00. The van der Waals surface area contributed by atoms with Crippen LogP contribution in [-0.4, -0.2) is 50.0 Å². The van der Waals surface area contributed by atoms with Crippen LogP contribution < -0.4 is 5.73 Å². The van der Waals surface area contributed by atoms with Gasteiger partial charge < -0.3 is 15.4 Å². The molecule has 0 amide bonds. The Morgan fingerprint density at radius 3 is 2.59 bits per heavy atom. The zero-order valence-electron chi connectivity index (χ0n) is 9.87. The highest BCUT2D eigenvalue weighted by Gasteiger charge is 2.28. The third-order valence-electron chi connectivity index (χ3n) is 2.87. The number of alkyl halides is 3. The quantitative estimate of drug-likeness (QED) is 0.776. The molecule has 0 aliphatic carbocycles. The van der Waals surface area contributed by atoms with E-state index in [-0.39, 0.29) is 25.1 Å². The lowest BCUT2D eigenvalue weighted by atomic mass is 10.0. The third kappa shape index (κ3) is 7.08. The summed E-state index contributed by atoms with van der Waals surface area (Å²) in [4.78, 5) is 2.10. The van der Waals surface area contributed by atoms with E-state index in [1.165, 1.54) is 0 Å². The molecular formula is C10H20ClF3N2O. The molecule has 1 aliphatic rings. The molecule has 17 heavy (non-hydrogen) atoms. The SMILES string of the molecule is CC(N)C1CCN(CCOCC(F)(F)F)C1.Cl. The number of hydrogen-bond donors (Lipinski definition) is 1. The van der Waals surface area contributed by atoms with Crippen molar-refractivity contribution in [3.05, 3.63) is 0 Å². The smallest absolute Gasteiger partial charge is 0.371 e. The van der Waals surface area contributed by atoms with E-state index in [0.29, 0.717) is 12.5 Å². The summed E-state index contributed by atoms with van der Waals surface area (Å²) in [6.07, 6.45) is -3.20. The summed E-state index contributed by atoms with van der Waals surface area (Å²) >= 11 is 0. The molecule has 1 fully saturated rings. The maximum absolute atomic E-state index is 11.8. The Hall–Kier alpha value is -0.0400. The monoisotopic (exact) mass is 276 g/mol. The van der Waals surface area contributed by atoms with Gasteiger partial charge in [0.25, 0.3) is 0 Å². The predicted molar refractivity (Wildman–Crippen MR) is 62.3 cm³/mol. The van der Waals surface area contributed by atoms with E-state index in [1.54, 1.807) is 0 Å². The lowest BCUT2D eigenvalue weighted by Gasteiger charge is -2.17. The average molecular weight is 277 g/mol. The first kappa shape index (κ1) is 17.0. The highest BCUT2D eigenvalue weighted by Crippen LogP contribution is 2.18. The van der Waals surface area contributed by atoms with Crippen LogP contribution in [-0.2, 0) is 4.74 Å². The number of halogens is 4. The second-order valence-electron chi connectivity index (χ2n) is 4.38. The Morgan fingerprint density at radius 2 is 2.12 bits per heavy atom. The minimum atomic E-state index is -4.22. The van der Waals surface area contributed by atoms with Crippen molar-refractivity contribution in [3.8, 4) is 0 Å². The molecule has 0 radical (unpaired) electrons. The lowest BCUT2D eigenvalue weighted by Crippen LogP contribution is -2.31. The van der Waals surface area contributed by atoms with Gasteiger partial charge in [0, 0.05) is 19.1 Å². The van der Waals surface area contributed by atoms with Gasteiger partial charge in [0.1, 0.15) is 6.61 Å². The number of likely N-dealkylation sites (tertiary alicyclic amines) is 1. The van der Waals surface area contributed by atoms with Crippen molar-refractivity contribution in [2.75, 3.05) is 32.8 Å². The zero-order valence-corrected chi connectivity index (χ0v) is 10.7. The molecule has 2 atom stereocenters. The van der Waals surface area contributed by atoms with E-state index >= 15 is 0 Å². The molecule has 1 aliphatic heterocycles. The van der Waals surface area contributed by atoms with Crippen molar-refractivity contribution in [2.45, 2.75) is 25.6 Å². The van der Waals surface area contributed by atoms with Gasteiger partial charge >= 0.3 is 6.18 Å². The maximum atomic E-state index is 11.8. The molecule has 0 aromatic rings. The van der Waals surface area contributed by atoms with Gasteiger partial charge in [-0.2, -0.15) is 13.2 Å². The molecule has 2 N–H and O–H groups in total. The lowest BCUT2D eigenvalue weighted by molar-refractivity contribution is -0.174. The van der Waals surface area contributed by atoms with E-state index in [9.17, 15) is 13.2 Å². The topological polar surface area (TPSA) is 38.5 Å². The van der Waals surface area contributed by atoms with Gasteiger partial charge in [0.05, 0.1) is 6.61 Å². The van der Waals surface area contributed by atoms with Crippen molar-refractivity contribution in [2.24, 2.45) is 11.7 Å². The first-order valence-corrected chi connectivity index (χ1v) is 5.51. The summed E-state index contributed by atoms with van der Waals surface area (Å²) in [6, 6.07) is 0.154. The number of hydrogen-bond acceptors (Lipinski definition) is 3. The van der Waals surface area contributed by atoms with E-state index in [4.69, 9.17) is 5.73 Å². The largest absolute Gasteiger partial charge is 0.411 e. The van der Waals surface area contributed by atoms with Crippen LogP contribution in [0.25, 0.3) is 0 Å². The van der Waals surface area contributed by atoms with Crippen molar-refractivity contribution in [1.29, 1.82) is 0 Å². The molecule has 3 nitrogen and oxygen atoms in total. The molecule has 104 valence electrons. The number of rotatable bonds is 5. The number of nitrogens with two attached hydrogens (primary N) is 1. The molecule has 0 aromatic carbocycles. The van der Waals surface area contributed by atoms with Crippen LogP contribution in [0.4, 0.5) is 13.2 Å². The summed E-state index contributed by atoms with van der Waals surface area (Å²) in [5.74, 6) is 0.461. The molecule has 0 aromatic heterocycles. The number of ether oxygens (including phenoxy) is 1. The van der Waals surface area contributed by atoms with Crippen molar-refractivity contribution < 1.29 is 17.9 Å². The maximum Gasteiger partial charge on any atom is 0.411 e. The van der Waals surface area contributed by atoms with Gasteiger partial charge in [0.15, 0.2) is 0 Å². The van der Waals surface area contributed by atoms with Gasteiger partial charge in [-0.3, -0.25) is 0 Å². The van der Waals surface area contributed by atoms with Crippen LogP contribution in [0.5, 0.6) is 0 Å². The van der Waals surface area contributed by atoms with Crippen LogP contribution in [0.15, 0.2) is 0 Å². The van der Waals surface area contributed by atoms with Gasteiger partial charge in [-0.25, -0.2) is 0 Å². The molecule has 7 heteroatoms. The van der Waals surface area contributed by atoms with Crippen molar-refractivity contribution in [3.63, 3.8) is 0 Å². The second kappa shape index (κ2) is 7.41. The van der Waals surface area contributed by atoms with Gasteiger partial charge in [-0.15, -0.1) is 12.4 Å². The fourth-order valence-electron chi connectivity index (χ4n) is 1.88.